The molecule has 0 aromatic heterocycles. The number of carbonyl (C=O) groups excluding carboxylic acids is 2. The lowest BCUT2D eigenvalue weighted by Crippen LogP contribution is -2.34. The molecule has 1 saturated heterocycles. The number of esters is 1. The van der Waals surface area contributed by atoms with Crippen LogP contribution in [0.5, 0.6) is 0 Å². The van der Waals surface area contributed by atoms with Gasteiger partial charge in [0, 0.05) is 19.2 Å². The Labute approximate surface area is 180 Å². The summed E-state index contributed by atoms with van der Waals surface area (Å²) in [6.45, 7) is 1.09. The van der Waals surface area contributed by atoms with Crippen LogP contribution in [0.1, 0.15) is 53.2 Å². The first-order valence-corrected chi connectivity index (χ1v) is 10.6. The number of anilines is 1. The largest absolute Gasteiger partial charge is 0.452 e. The second-order valence-electron chi connectivity index (χ2n) is 7.94. The number of nitrogens with one attached hydrogen (secondary N) is 1. The third-order valence-corrected chi connectivity index (χ3v) is 5.89. The van der Waals surface area contributed by atoms with E-state index in [9.17, 15) is 19.7 Å². The molecule has 2 aromatic carbocycles. The van der Waals surface area contributed by atoms with Crippen molar-refractivity contribution in [2.45, 2.75) is 38.1 Å². The molecule has 1 aliphatic heterocycles. The third kappa shape index (κ3) is 4.68. The molecule has 1 N–H and O–H groups in total. The van der Waals surface area contributed by atoms with Gasteiger partial charge in [0.25, 0.3) is 11.6 Å². The van der Waals surface area contributed by atoms with Crippen LogP contribution in [-0.4, -0.2) is 36.5 Å². The first-order chi connectivity index (χ1) is 15.0. The molecule has 0 bridgehead atoms. The molecule has 0 unspecified atom stereocenters. The monoisotopic (exact) mass is 423 g/mol. The number of aryl methyl sites for hydroxylation is 1. The smallest absolute Gasteiger partial charge is 0.338 e. The second kappa shape index (κ2) is 9.16. The Morgan fingerprint density at radius 3 is 2.68 bits per heavy atom. The summed E-state index contributed by atoms with van der Waals surface area (Å²) in [6.07, 6.45) is 4.78. The van der Waals surface area contributed by atoms with Gasteiger partial charge < -0.3 is 15.0 Å². The van der Waals surface area contributed by atoms with Gasteiger partial charge in [-0.2, -0.15) is 0 Å². The average Bonchev–Trinajstić information content (AvgIpc) is 3.32. The average molecular weight is 423 g/mol. The van der Waals surface area contributed by atoms with Gasteiger partial charge in [0.05, 0.1) is 16.5 Å². The Bertz CT molecular complexity index is 1000. The van der Waals surface area contributed by atoms with Gasteiger partial charge in [-0.25, -0.2) is 4.79 Å². The summed E-state index contributed by atoms with van der Waals surface area (Å²) >= 11 is 0. The highest BCUT2D eigenvalue weighted by molar-refractivity contribution is 5.93. The van der Waals surface area contributed by atoms with E-state index in [2.05, 4.69) is 11.4 Å². The minimum absolute atomic E-state index is 0.0606. The number of amides is 1. The topological polar surface area (TPSA) is 102 Å². The van der Waals surface area contributed by atoms with Gasteiger partial charge in [0.1, 0.15) is 5.69 Å². The minimum atomic E-state index is -0.754. The molecule has 2 aliphatic rings. The zero-order valence-corrected chi connectivity index (χ0v) is 17.2. The van der Waals surface area contributed by atoms with Crippen molar-refractivity contribution in [3.8, 4) is 0 Å². The van der Waals surface area contributed by atoms with E-state index in [4.69, 9.17) is 4.74 Å². The first kappa shape index (κ1) is 20.8. The predicted molar refractivity (Wildman–Crippen MR) is 115 cm³/mol. The lowest BCUT2D eigenvalue weighted by molar-refractivity contribution is -0.384. The molecule has 1 heterocycles. The van der Waals surface area contributed by atoms with Crippen molar-refractivity contribution < 1.29 is 19.2 Å². The first-order valence-electron chi connectivity index (χ1n) is 10.6. The van der Waals surface area contributed by atoms with Crippen LogP contribution in [0.25, 0.3) is 0 Å². The second-order valence-corrected chi connectivity index (χ2v) is 7.94. The number of benzene rings is 2. The maximum atomic E-state index is 12.4. The number of hydrogen-bond donors (Lipinski definition) is 1. The van der Waals surface area contributed by atoms with Crippen LogP contribution in [0, 0.1) is 10.1 Å². The summed E-state index contributed by atoms with van der Waals surface area (Å²) in [4.78, 5) is 37.7. The highest BCUT2D eigenvalue weighted by Gasteiger charge is 2.25. The Morgan fingerprint density at radius 2 is 1.90 bits per heavy atom. The molecule has 8 heteroatoms. The normalized spacial score (nSPS) is 17.7. The number of nitro benzene ring substituents is 1. The molecule has 2 aromatic rings. The standard InChI is InChI=1S/C23H25N3O5/c27-22(24-19-9-5-7-16-6-1-2-8-18(16)19)15-31-23(28)17-10-11-20(21(14-17)26(29)30)25-12-3-4-13-25/h1-2,6,8,10-11,14,19H,3-5,7,9,12-13,15H2,(H,24,27)/t19-/m1/s1. The van der Waals surface area contributed by atoms with E-state index in [1.807, 2.05) is 23.1 Å². The lowest BCUT2D eigenvalue weighted by Gasteiger charge is -2.26. The van der Waals surface area contributed by atoms with Crippen LogP contribution < -0.4 is 10.2 Å². The maximum absolute atomic E-state index is 12.4. The number of ether oxygens (including phenoxy) is 1. The number of hydrogen-bond acceptors (Lipinski definition) is 6. The predicted octanol–water partition coefficient (Wildman–Crippen LogP) is 3.55. The number of nitro groups is 1. The van der Waals surface area contributed by atoms with E-state index in [-0.39, 0.29) is 17.3 Å². The van der Waals surface area contributed by atoms with Gasteiger partial charge in [-0.1, -0.05) is 24.3 Å². The van der Waals surface area contributed by atoms with Crippen molar-refractivity contribution in [2.75, 3.05) is 24.6 Å². The molecule has 1 fully saturated rings. The molecule has 4 rings (SSSR count). The summed E-state index contributed by atoms with van der Waals surface area (Å²) in [5.74, 6) is -1.14. The van der Waals surface area contributed by atoms with Crippen LogP contribution in [0.4, 0.5) is 11.4 Å². The fraction of sp³-hybridized carbons (Fsp3) is 0.391. The number of rotatable bonds is 6. The molecule has 0 spiro atoms. The van der Waals surface area contributed by atoms with Gasteiger partial charge in [0.15, 0.2) is 6.61 Å². The zero-order valence-electron chi connectivity index (χ0n) is 17.2. The fourth-order valence-corrected chi connectivity index (χ4v) is 4.38. The third-order valence-electron chi connectivity index (χ3n) is 5.89. The van der Waals surface area contributed by atoms with Crippen LogP contribution in [-0.2, 0) is 16.0 Å². The lowest BCUT2D eigenvalue weighted by atomic mass is 9.88. The highest BCUT2D eigenvalue weighted by atomic mass is 16.6. The van der Waals surface area contributed by atoms with Crippen LogP contribution in [0.3, 0.4) is 0 Å². The van der Waals surface area contributed by atoms with E-state index in [0.29, 0.717) is 5.69 Å². The van der Waals surface area contributed by atoms with Crippen LogP contribution in [0.15, 0.2) is 42.5 Å². The van der Waals surface area contributed by atoms with E-state index >= 15 is 0 Å². The molecule has 1 atom stereocenters. The van der Waals surface area contributed by atoms with Crippen molar-refractivity contribution in [1.82, 2.24) is 5.32 Å². The molecule has 8 nitrogen and oxygen atoms in total. The number of fused-ring (bicyclic) bond motifs is 1. The van der Waals surface area contributed by atoms with Crippen molar-refractivity contribution in [1.29, 1.82) is 0 Å². The Balaban J connectivity index is 1.38. The van der Waals surface area contributed by atoms with Crippen molar-refractivity contribution in [3.63, 3.8) is 0 Å². The SMILES string of the molecule is O=C(COC(=O)c1ccc(N2CCCC2)c([N+](=O)[O-])c1)N[C@@H]1CCCc2ccccc21. The van der Waals surface area contributed by atoms with E-state index < -0.39 is 23.4 Å². The molecule has 0 saturated carbocycles. The van der Waals surface area contributed by atoms with Gasteiger partial charge in [0.2, 0.25) is 0 Å². The fourth-order valence-electron chi connectivity index (χ4n) is 4.38. The maximum Gasteiger partial charge on any atom is 0.338 e. The van der Waals surface area contributed by atoms with Gasteiger partial charge >= 0.3 is 5.97 Å². The Hall–Kier alpha value is -3.42. The summed E-state index contributed by atoms with van der Waals surface area (Å²) in [5, 5.41) is 14.4. The molecule has 1 aliphatic carbocycles. The zero-order chi connectivity index (χ0) is 21.8. The number of nitrogens with zero attached hydrogens (tertiary/aromatic N) is 2. The van der Waals surface area contributed by atoms with Crippen molar-refractivity contribution >= 4 is 23.3 Å². The van der Waals surface area contributed by atoms with Gasteiger partial charge in [-0.3, -0.25) is 14.9 Å². The Morgan fingerprint density at radius 1 is 1.13 bits per heavy atom. The molecule has 31 heavy (non-hydrogen) atoms. The summed E-state index contributed by atoms with van der Waals surface area (Å²) in [6, 6.07) is 12.2. The molecular weight excluding hydrogens is 398 g/mol. The van der Waals surface area contributed by atoms with E-state index in [1.165, 1.54) is 17.7 Å². The highest BCUT2D eigenvalue weighted by Crippen LogP contribution is 2.32. The van der Waals surface area contributed by atoms with Gasteiger partial charge in [-0.05, 0) is 55.4 Å². The summed E-state index contributed by atoms with van der Waals surface area (Å²) in [7, 11) is 0. The van der Waals surface area contributed by atoms with E-state index in [1.54, 1.807) is 6.07 Å². The van der Waals surface area contributed by atoms with Crippen molar-refractivity contribution in [3.05, 3.63) is 69.3 Å². The molecular formula is C23H25N3O5. The van der Waals surface area contributed by atoms with E-state index in [0.717, 1.165) is 50.8 Å². The summed E-state index contributed by atoms with van der Waals surface area (Å²) in [5.41, 5.74) is 2.76. The Kier molecular flexibility index (Phi) is 6.16. The molecule has 0 radical (unpaired) electrons. The number of carbonyl (C=O) groups is 2. The summed E-state index contributed by atoms with van der Waals surface area (Å²) < 4.78 is 5.13. The van der Waals surface area contributed by atoms with Gasteiger partial charge in [-0.15, -0.1) is 0 Å². The quantitative estimate of drug-likeness (QED) is 0.433. The van der Waals surface area contributed by atoms with Crippen LogP contribution >= 0.6 is 0 Å². The minimum Gasteiger partial charge on any atom is -0.452 e. The molecule has 1 amide bonds. The van der Waals surface area contributed by atoms with Crippen LogP contribution in [0.2, 0.25) is 0 Å². The molecule has 162 valence electrons. The van der Waals surface area contributed by atoms with Crippen molar-refractivity contribution in [2.24, 2.45) is 0 Å².